The minimum absolute atomic E-state index is 0.354. The molecule has 21 heavy (non-hydrogen) atoms. The highest BCUT2D eigenvalue weighted by Crippen LogP contribution is 2.32. The van der Waals surface area contributed by atoms with Crippen LogP contribution in [-0.2, 0) is 6.54 Å². The first kappa shape index (κ1) is 14.8. The summed E-state index contributed by atoms with van der Waals surface area (Å²) in [6, 6.07) is 3.89. The van der Waals surface area contributed by atoms with Crippen LogP contribution in [0.25, 0.3) is 11.3 Å². The number of ether oxygens (including phenoxy) is 1. The van der Waals surface area contributed by atoms with Crippen molar-refractivity contribution in [2.24, 2.45) is 0 Å². The lowest BCUT2D eigenvalue weighted by atomic mass is 9.99. The zero-order valence-corrected chi connectivity index (χ0v) is 12.5. The smallest absolute Gasteiger partial charge is 0.156 e. The SMILES string of the molecule is C=CCn1nc(-c2cc(C)c(OC)cc2C)c(C=O)c1N. The van der Waals surface area contributed by atoms with Crippen molar-refractivity contribution >= 4 is 12.1 Å². The predicted molar refractivity (Wildman–Crippen MR) is 83.7 cm³/mol. The molecule has 0 saturated carbocycles. The van der Waals surface area contributed by atoms with Gasteiger partial charge in [-0.2, -0.15) is 5.10 Å². The zero-order valence-electron chi connectivity index (χ0n) is 12.5. The Kier molecular flexibility index (Phi) is 4.12. The number of aromatic nitrogens is 2. The van der Waals surface area contributed by atoms with E-state index in [9.17, 15) is 4.79 Å². The van der Waals surface area contributed by atoms with E-state index >= 15 is 0 Å². The largest absolute Gasteiger partial charge is 0.496 e. The van der Waals surface area contributed by atoms with Crippen LogP contribution in [0.1, 0.15) is 21.5 Å². The Bertz CT molecular complexity index is 702. The Morgan fingerprint density at radius 2 is 2.10 bits per heavy atom. The van der Waals surface area contributed by atoms with Gasteiger partial charge in [0.25, 0.3) is 0 Å². The maximum Gasteiger partial charge on any atom is 0.156 e. The van der Waals surface area contributed by atoms with Gasteiger partial charge in [-0.15, -0.1) is 6.58 Å². The third kappa shape index (κ3) is 2.54. The number of nitrogens with zero attached hydrogens (tertiary/aromatic N) is 2. The van der Waals surface area contributed by atoms with E-state index in [4.69, 9.17) is 10.5 Å². The van der Waals surface area contributed by atoms with Crippen molar-refractivity contribution in [2.45, 2.75) is 20.4 Å². The van der Waals surface area contributed by atoms with Crippen molar-refractivity contribution < 1.29 is 9.53 Å². The number of methoxy groups -OCH3 is 1. The number of benzene rings is 1. The van der Waals surface area contributed by atoms with Crippen molar-refractivity contribution in [3.8, 4) is 17.0 Å². The van der Waals surface area contributed by atoms with Crippen LogP contribution < -0.4 is 10.5 Å². The van der Waals surface area contributed by atoms with E-state index in [-0.39, 0.29) is 0 Å². The van der Waals surface area contributed by atoms with Gasteiger partial charge < -0.3 is 10.5 Å². The van der Waals surface area contributed by atoms with Gasteiger partial charge in [-0.1, -0.05) is 6.08 Å². The van der Waals surface area contributed by atoms with Gasteiger partial charge in [0.2, 0.25) is 0 Å². The van der Waals surface area contributed by atoms with Crippen LogP contribution in [0.3, 0.4) is 0 Å². The first-order chi connectivity index (χ1) is 10.0. The number of carbonyl (C=O) groups excluding carboxylic acids is 1. The molecule has 2 rings (SSSR count). The van der Waals surface area contributed by atoms with Crippen LogP contribution in [0, 0.1) is 13.8 Å². The number of aryl methyl sites for hydroxylation is 2. The minimum atomic E-state index is 0.354. The summed E-state index contributed by atoms with van der Waals surface area (Å²) in [6.07, 6.45) is 2.43. The van der Waals surface area contributed by atoms with Gasteiger partial charge >= 0.3 is 0 Å². The number of hydrogen-bond acceptors (Lipinski definition) is 4. The molecule has 0 unspecified atom stereocenters. The van der Waals surface area contributed by atoms with Crippen LogP contribution in [0.15, 0.2) is 24.8 Å². The van der Waals surface area contributed by atoms with Gasteiger partial charge in [-0.05, 0) is 37.1 Å². The number of hydrogen-bond donors (Lipinski definition) is 1. The maximum absolute atomic E-state index is 11.4. The van der Waals surface area contributed by atoms with Gasteiger partial charge in [0.1, 0.15) is 17.3 Å². The van der Waals surface area contributed by atoms with E-state index in [0.717, 1.165) is 28.7 Å². The Hall–Kier alpha value is -2.56. The highest BCUT2D eigenvalue weighted by atomic mass is 16.5. The standard InChI is InChI=1S/C16H19N3O2/c1-5-6-19-16(17)13(9-20)15(18-19)12-7-11(3)14(21-4)8-10(12)2/h5,7-9H,1,6,17H2,2-4H3. The summed E-state index contributed by atoms with van der Waals surface area (Å²) in [6.45, 7) is 8.03. The number of carbonyl (C=O) groups is 1. The summed E-state index contributed by atoms with van der Waals surface area (Å²) in [5.41, 5.74) is 9.81. The van der Waals surface area contributed by atoms with Gasteiger partial charge in [0.15, 0.2) is 6.29 Å². The Morgan fingerprint density at radius 3 is 2.67 bits per heavy atom. The first-order valence-electron chi connectivity index (χ1n) is 6.61. The summed E-state index contributed by atoms with van der Waals surface area (Å²) >= 11 is 0. The molecule has 0 amide bonds. The van der Waals surface area contributed by atoms with Crippen molar-refractivity contribution in [1.82, 2.24) is 9.78 Å². The van der Waals surface area contributed by atoms with Crippen LogP contribution in [0.4, 0.5) is 5.82 Å². The van der Waals surface area contributed by atoms with Gasteiger partial charge in [-0.25, -0.2) is 4.68 Å². The predicted octanol–water partition coefficient (Wildman–Crippen LogP) is 2.76. The van der Waals surface area contributed by atoms with Crippen molar-refractivity contribution in [2.75, 3.05) is 12.8 Å². The molecule has 1 heterocycles. The fourth-order valence-corrected chi connectivity index (χ4v) is 2.33. The van der Waals surface area contributed by atoms with Crippen molar-refractivity contribution in [3.05, 3.63) is 41.5 Å². The second-order valence-electron chi connectivity index (χ2n) is 4.87. The minimum Gasteiger partial charge on any atom is -0.496 e. The Balaban J connectivity index is 2.66. The molecular weight excluding hydrogens is 266 g/mol. The lowest BCUT2D eigenvalue weighted by Gasteiger charge is -2.10. The van der Waals surface area contributed by atoms with Crippen molar-refractivity contribution in [1.29, 1.82) is 0 Å². The molecule has 2 N–H and O–H groups in total. The number of nitrogens with two attached hydrogens (primary N) is 1. The molecule has 0 saturated heterocycles. The van der Waals surface area contributed by atoms with Crippen LogP contribution >= 0.6 is 0 Å². The molecule has 0 aliphatic carbocycles. The van der Waals surface area contributed by atoms with Gasteiger partial charge in [0, 0.05) is 5.56 Å². The van der Waals surface area contributed by atoms with Crippen LogP contribution in [-0.4, -0.2) is 23.2 Å². The quantitative estimate of drug-likeness (QED) is 0.677. The second kappa shape index (κ2) is 5.83. The highest BCUT2D eigenvalue weighted by molar-refractivity contribution is 5.92. The normalized spacial score (nSPS) is 10.4. The summed E-state index contributed by atoms with van der Waals surface area (Å²) in [5.74, 6) is 1.16. The Labute approximate surface area is 124 Å². The Morgan fingerprint density at radius 1 is 1.38 bits per heavy atom. The molecule has 5 nitrogen and oxygen atoms in total. The molecule has 0 spiro atoms. The molecular formula is C16H19N3O2. The number of aldehydes is 1. The van der Waals surface area contributed by atoms with Crippen LogP contribution in [0.2, 0.25) is 0 Å². The topological polar surface area (TPSA) is 70.1 Å². The maximum atomic E-state index is 11.4. The highest BCUT2D eigenvalue weighted by Gasteiger charge is 2.18. The summed E-state index contributed by atoms with van der Waals surface area (Å²) in [4.78, 5) is 11.4. The number of nitrogen functional groups attached to an aromatic ring is 1. The average molecular weight is 285 g/mol. The lowest BCUT2D eigenvalue weighted by molar-refractivity contribution is 0.112. The van der Waals surface area contributed by atoms with E-state index < -0.39 is 0 Å². The molecule has 2 aromatic rings. The monoisotopic (exact) mass is 285 g/mol. The third-order valence-electron chi connectivity index (χ3n) is 3.45. The number of anilines is 1. The molecule has 110 valence electrons. The molecule has 0 bridgehead atoms. The zero-order chi connectivity index (χ0) is 15.6. The molecule has 5 heteroatoms. The van der Waals surface area contributed by atoms with Crippen molar-refractivity contribution in [3.63, 3.8) is 0 Å². The van der Waals surface area contributed by atoms with E-state index in [1.807, 2.05) is 26.0 Å². The van der Waals surface area contributed by atoms with Crippen LogP contribution in [0.5, 0.6) is 5.75 Å². The second-order valence-corrected chi connectivity index (χ2v) is 4.87. The molecule has 1 aromatic carbocycles. The summed E-state index contributed by atoms with van der Waals surface area (Å²) in [5, 5.41) is 4.45. The first-order valence-corrected chi connectivity index (χ1v) is 6.61. The molecule has 0 atom stereocenters. The average Bonchev–Trinajstić information content (AvgIpc) is 2.77. The summed E-state index contributed by atoms with van der Waals surface area (Å²) in [7, 11) is 1.63. The van der Waals surface area contributed by atoms with Gasteiger partial charge in [0.05, 0.1) is 19.2 Å². The van der Waals surface area contributed by atoms with E-state index in [2.05, 4.69) is 11.7 Å². The molecule has 0 fully saturated rings. The van der Waals surface area contributed by atoms with E-state index in [0.29, 0.717) is 23.6 Å². The lowest BCUT2D eigenvalue weighted by Crippen LogP contribution is -2.03. The molecule has 1 aromatic heterocycles. The fraction of sp³-hybridized carbons (Fsp3) is 0.250. The number of rotatable bonds is 5. The molecule has 0 aliphatic heterocycles. The molecule has 0 radical (unpaired) electrons. The van der Waals surface area contributed by atoms with E-state index in [1.54, 1.807) is 17.9 Å². The fourth-order valence-electron chi connectivity index (χ4n) is 2.33. The third-order valence-corrected chi connectivity index (χ3v) is 3.45. The summed E-state index contributed by atoms with van der Waals surface area (Å²) < 4.78 is 6.88. The van der Waals surface area contributed by atoms with Gasteiger partial charge in [-0.3, -0.25) is 4.79 Å². The number of allylic oxidation sites excluding steroid dienone is 1. The molecule has 0 aliphatic rings. The van der Waals surface area contributed by atoms with E-state index in [1.165, 1.54) is 0 Å².